The van der Waals surface area contributed by atoms with E-state index >= 15 is 0 Å². The maximum atomic E-state index is 11.9. The molecule has 5 nitrogen and oxygen atoms in total. The molecule has 2 rings (SSSR count). The molecule has 0 spiro atoms. The Kier molecular flexibility index (Phi) is 7.75. The lowest BCUT2D eigenvalue weighted by molar-refractivity contribution is -0.121. The minimum atomic E-state index is -0.182. The molecule has 0 radical (unpaired) electrons. The van der Waals surface area contributed by atoms with Crippen LogP contribution < -0.4 is 14.9 Å². The van der Waals surface area contributed by atoms with E-state index in [1.807, 2.05) is 31.2 Å². The maximum Gasteiger partial charge on any atom is 0.240 e. The topological polar surface area (TPSA) is 59.9 Å². The number of hydrazone groups is 1. The summed E-state index contributed by atoms with van der Waals surface area (Å²) in [4.78, 5) is 11.9. The Morgan fingerprint density at radius 2 is 2.00 bits per heavy atom. The first-order valence-electron chi connectivity index (χ1n) is 8.05. The van der Waals surface area contributed by atoms with Crippen LogP contribution >= 0.6 is 23.2 Å². The van der Waals surface area contributed by atoms with Crippen LogP contribution in [0.3, 0.4) is 0 Å². The molecule has 0 heterocycles. The number of carbonyl (C=O) groups is 1. The number of rotatable bonds is 8. The van der Waals surface area contributed by atoms with Crippen molar-refractivity contribution in [3.8, 4) is 11.5 Å². The second kappa shape index (κ2) is 10.0. The van der Waals surface area contributed by atoms with E-state index in [0.29, 0.717) is 41.0 Å². The minimum absolute atomic E-state index is 0.182. The number of ether oxygens (including phenoxy) is 2. The molecule has 1 amide bonds. The number of carbonyl (C=O) groups excluding carboxylic acids is 1. The summed E-state index contributed by atoms with van der Waals surface area (Å²) in [6.45, 7) is 2.19. The van der Waals surface area contributed by atoms with Gasteiger partial charge in [0.15, 0.2) is 0 Å². The molecule has 1 N–H and O–H groups in total. The van der Waals surface area contributed by atoms with E-state index in [9.17, 15) is 4.79 Å². The third-order valence-corrected chi connectivity index (χ3v) is 4.07. The first-order chi connectivity index (χ1) is 12.5. The van der Waals surface area contributed by atoms with Crippen molar-refractivity contribution < 1.29 is 14.3 Å². The molecule has 2 aromatic rings. The Hall–Kier alpha value is -2.24. The van der Waals surface area contributed by atoms with Crippen LogP contribution in [0.5, 0.6) is 11.5 Å². The lowest BCUT2D eigenvalue weighted by Gasteiger charge is -2.08. The predicted molar refractivity (Wildman–Crippen MR) is 105 cm³/mol. The van der Waals surface area contributed by atoms with Crippen LogP contribution in [0.1, 0.15) is 25.3 Å². The Morgan fingerprint density at radius 3 is 2.73 bits per heavy atom. The zero-order chi connectivity index (χ0) is 18.9. The highest BCUT2D eigenvalue weighted by Crippen LogP contribution is 2.27. The lowest BCUT2D eigenvalue weighted by atomic mass is 10.1. The summed E-state index contributed by atoms with van der Waals surface area (Å²) in [6.07, 6.45) is 0.832. The lowest BCUT2D eigenvalue weighted by Crippen LogP contribution is -2.19. The molecule has 0 aliphatic heterocycles. The minimum Gasteiger partial charge on any atom is -0.497 e. The van der Waals surface area contributed by atoms with Gasteiger partial charge in [-0.25, -0.2) is 5.43 Å². The molecule has 0 bridgehead atoms. The van der Waals surface area contributed by atoms with Crippen LogP contribution in [0.4, 0.5) is 0 Å². The molecular weight excluding hydrogens is 375 g/mol. The molecule has 0 unspecified atom stereocenters. The normalized spacial score (nSPS) is 11.2. The second-order valence-corrected chi connectivity index (χ2v) is 6.33. The van der Waals surface area contributed by atoms with Gasteiger partial charge >= 0.3 is 0 Å². The van der Waals surface area contributed by atoms with Crippen molar-refractivity contribution in [2.45, 2.75) is 19.8 Å². The molecule has 0 saturated heterocycles. The van der Waals surface area contributed by atoms with Crippen LogP contribution in [0.25, 0.3) is 0 Å². The van der Waals surface area contributed by atoms with E-state index in [2.05, 4.69) is 10.5 Å². The Balaban J connectivity index is 1.76. The molecule has 2 aromatic carbocycles. The molecule has 7 heteroatoms. The van der Waals surface area contributed by atoms with E-state index in [-0.39, 0.29) is 5.91 Å². The van der Waals surface area contributed by atoms with Gasteiger partial charge in [-0.15, -0.1) is 0 Å². The van der Waals surface area contributed by atoms with Crippen molar-refractivity contribution in [1.29, 1.82) is 0 Å². The quantitative estimate of drug-likeness (QED) is 0.400. The molecular formula is C19H20Cl2N2O3. The van der Waals surface area contributed by atoms with Crippen LogP contribution in [0, 0.1) is 0 Å². The van der Waals surface area contributed by atoms with Gasteiger partial charge in [0.2, 0.25) is 5.91 Å². The van der Waals surface area contributed by atoms with Gasteiger partial charge in [-0.2, -0.15) is 5.10 Å². The summed E-state index contributed by atoms with van der Waals surface area (Å²) in [6, 6.07) is 12.5. The third kappa shape index (κ3) is 6.24. The summed E-state index contributed by atoms with van der Waals surface area (Å²) in [7, 11) is 1.60. The van der Waals surface area contributed by atoms with Gasteiger partial charge in [-0.05, 0) is 43.7 Å². The van der Waals surface area contributed by atoms with Crippen molar-refractivity contribution in [1.82, 2.24) is 5.43 Å². The molecule has 0 fully saturated rings. The number of nitrogens with one attached hydrogen (secondary N) is 1. The fraction of sp³-hybridized carbons (Fsp3) is 0.263. The molecule has 0 atom stereocenters. The molecule has 0 saturated carbocycles. The van der Waals surface area contributed by atoms with Gasteiger partial charge in [0.25, 0.3) is 0 Å². The third-order valence-electron chi connectivity index (χ3n) is 3.54. The number of nitrogens with zero attached hydrogens (tertiary/aromatic N) is 1. The van der Waals surface area contributed by atoms with E-state index < -0.39 is 0 Å². The molecule has 138 valence electrons. The second-order valence-electron chi connectivity index (χ2n) is 5.49. The Morgan fingerprint density at radius 1 is 1.19 bits per heavy atom. The van der Waals surface area contributed by atoms with Crippen molar-refractivity contribution in [3.63, 3.8) is 0 Å². The summed E-state index contributed by atoms with van der Waals surface area (Å²) >= 11 is 11.8. The number of hydrogen-bond acceptors (Lipinski definition) is 4. The van der Waals surface area contributed by atoms with E-state index in [1.54, 1.807) is 25.3 Å². The fourth-order valence-electron chi connectivity index (χ4n) is 2.12. The van der Waals surface area contributed by atoms with Crippen molar-refractivity contribution in [2.75, 3.05) is 13.7 Å². The summed E-state index contributed by atoms with van der Waals surface area (Å²) in [5.41, 5.74) is 4.12. The smallest absolute Gasteiger partial charge is 0.240 e. The van der Waals surface area contributed by atoms with Crippen LogP contribution in [-0.2, 0) is 4.79 Å². The first kappa shape index (κ1) is 20.1. The van der Waals surface area contributed by atoms with Crippen LogP contribution in [0.2, 0.25) is 10.0 Å². The highest BCUT2D eigenvalue weighted by molar-refractivity contribution is 6.35. The van der Waals surface area contributed by atoms with Crippen LogP contribution in [-0.4, -0.2) is 25.3 Å². The summed E-state index contributed by atoms with van der Waals surface area (Å²) in [5.74, 6) is 1.10. The standard InChI is InChI=1S/C19H20Cl2N2O3/c1-13(14-5-3-6-16(11-14)25-2)22-23-19(24)7-4-10-26-18-9-8-15(20)12-17(18)21/h3,5-6,8-9,11-12H,4,7,10H2,1-2H3,(H,23,24)/b22-13+. The highest BCUT2D eigenvalue weighted by Gasteiger charge is 2.05. The average Bonchev–Trinajstić information content (AvgIpc) is 2.64. The van der Waals surface area contributed by atoms with E-state index in [0.717, 1.165) is 11.3 Å². The maximum absolute atomic E-state index is 11.9. The SMILES string of the molecule is COc1cccc(/C(C)=N/NC(=O)CCCOc2ccc(Cl)cc2Cl)c1. The van der Waals surface area contributed by atoms with Gasteiger partial charge in [-0.1, -0.05) is 35.3 Å². The molecule has 0 aliphatic rings. The first-order valence-corrected chi connectivity index (χ1v) is 8.80. The van der Waals surface area contributed by atoms with Gasteiger partial charge in [-0.3, -0.25) is 4.79 Å². The van der Waals surface area contributed by atoms with Crippen molar-refractivity contribution in [2.24, 2.45) is 5.10 Å². The van der Waals surface area contributed by atoms with Gasteiger partial charge in [0.05, 0.1) is 24.5 Å². The van der Waals surface area contributed by atoms with Gasteiger partial charge in [0.1, 0.15) is 11.5 Å². The van der Waals surface area contributed by atoms with Crippen LogP contribution in [0.15, 0.2) is 47.6 Å². The largest absolute Gasteiger partial charge is 0.497 e. The summed E-state index contributed by atoms with van der Waals surface area (Å²) in [5, 5.41) is 5.11. The van der Waals surface area contributed by atoms with Gasteiger partial charge in [0, 0.05) is 17.0 Å². The Bertz CT molecular complexity index is 794. The van der Waals surface area contributed by atoms with E-state index in [4.69, 9.17) is 32.7 Å². The highest BCUT2D eigenvalue weighted by atomic mass is 35.5. The number of amides is 1. The van der Waals surface area contributed by atoms with E-state index in [1.165, 1.54) is 0 Å². The number of hydrogen-bond donors (Lipinski definition) is 1. The Labute approximate surface area is 162 Å². The molecule has 26 heavy (non-hydrogen) atoms. The molecule has 0 aliphatic carbocycles. The zero-order valence-electron chi connectivity index (χ0n) is 14.6. The average molecular weight is 395 g/mol. The zero-order valence-corrected chi connectivity index (χ0v) is 16.1. The number of methoxy groups -OCH3 is 1. The predicted octanol–water partition coefficient (Wildman–Crippen LogP) is 4.70. The monoisotopic (exact) mass is 394 g/mol. The number of halogens is 2. The fourth-order valence-corrected chi connectivity index (χ4v) is 2.58. The number of benzene rings is 2. The van der Waals surface area contributed by atoms with Crippen molar-refractivity contribution in [3.05, 3.63) is 58.1 Å². The van der Waals surface area contributed by atoms with Crippen molar-refractivity contribution >= 4 is 34.8 Å². The van der Waals surface area contributed by atoms with Gasteiger partial charge < -0.3 is 9.47 Å². The molecule has 0 aromatic heterocycles. The summed E-state index contributed by atoms with van der Waals surface area (Å²) < 4.78 is 10.7.